The number of hydrogen-bond donors (Lipinski definition) is 1. The number of carbonyl (C=O) groups is 1. The highest BCUT2D eigenvalue weighted by Gasteiger charge is 2.32. The Morgan fingerprint density at radius 3 is 2.66 bits per heavy atom. The second kappa shape index (κ2) is 7.95. The Morgan fingerprint density at radius 2 is 1.90 bits per heavy atom. The third kappa shape index (κ3) is 4.40. The molecule has 0 aliphatic carbocycles. The Labute approximate surface area is 170 Å². The van der Waals surface area contributed by atoms with E-state index < -0.39 is 0 Å². The minimum Gasteiger partial charge on any atom is -0.483 e. The zero-order valence-electron chi connectivity index (χ0n) is 16.6. The fourth-order valence-corrected chi connectivity index (χ4v) is 3.57. The molecule has 29 heavy (non-hydrogen) atoms. The van der Waals surface area contributed by atoms with Gasteiger partial charge >= 0.3 is 0 Å². The molecule has 0 radical (unpaired) electrons. The van der Waals surface area contributed by atoms with Crippen LogP contribution >= 0.6 is 0 Å². The summed E-state index contributed by atoms with van der Waals surface area (Å²) >= 11 is 0. The summed E-state index contributed by atoms with van der Waals surface area (Å²) in [6.45, 7) is 3.98. The number of pyridine rings is 1. The second-order valence-corrected chi connectivity index (χ2v) is 7.74. The number of benzene rings is 2. The summed E-state index contributed by atoms with van der Waals surface area (Å²) in [5, 5.41) is 3.04. The number of para-hydroxylation sites is 1. The molecule has 0 spiro atoms. The van der Waals surface area contributed by atoms with Crippen LogP contribution in [0.3, 0.4) is 0 Å². The molecule has 0 saturated carbocycles. The fraction of sp³-hybridized carbons (Fsp3) is 0.250. The lowest BCUT2D eigenvalue weighted by atomic mass is 10.0. The number of aromatic nitrogens is 1. The Kier molecular flexibility index (Phi) is 5.21. The summed E-state index contributed by atoms with van der Waals surface area (Å²) in [5.74, 6) is 1.10. The van der Waals surface area contributed by atoms with E-state index in [1.807, 2.05) is 80.6 Å². The van der Waals surface area contributed by atoms with Gasteiger partial charge in [0.05, 0.1) is 11.7 Å². The first-order valence-electron chi connectivity index (χ1n) is 9.71. The first-order valence-corrected chi connectivity index (χ1v) is 9.71. The third-order valence-corrected chi connectivity index (χ3v) is 4.84. The summed E-state index contributed by atoms with van der Waals surface area (Å²) in [4.78, 5) is 17.1. The van der Waals surface area contributed by atoms with Gasteiger partial charge in [-0.15, -0.1) is 0 Å². The summed E-state index contributed by atoms with van der Waals surface area (Å²) in [6, 6.07) is 20.9. The van der Waals surface area contributed by atoms with Crippen molar-refractivity contribution in [2.45, 2.75) is 31.9 Å². The summed E-state index contributed by atoms with van der Waals surface area (Å²) < 4.78 is 11.8. The van der Waals surface area contributed by atoms with Crippen molar-refractivity contribution in [2.75, 3.05) is 6.61 Å². The summed E-state index contributed by atoms with van der Waals surface area (Å²) in [5.41, 5.74) is 2.58. The van der Waals surface area contributed by atoms with Crippen molar-refractivity contribution in [2.24, 2.45) is 0 Å². The van der Waals surface area contributed by atoms with Crippen LogP contribution in [0.15, 0.2) is 72.9 Å². The average molecular weight is 388 g/mol. The van der Waals surface area contributed by atoms with Gasteiger partial charge in [0, 0.05) is 18.2 Å². The van der Waals surface area contributed by atoms with Gasteiger partial charge in [0.15, 0.2) is 18.1 Å². The fourth-order valence-electron chi connectivity index (χ4n) is 3.57. The van der Waals surface area contributed by atoms with Gasteiger partial charge in [-0.3, -0.25) is 9.78 Å². The molecule has 2 heterocycles. The van der Waals surface area contributed by atoms with E-state index in [4.69, 9.17) is 9.47 Å². The topological polar surface area (TPSA) is 60.5 Å². The molecule has 1 aliphatic heterocycles. The molecule has 5 nitrogen and oxygen atoms in total. The number of rotatable bonds is 6. The largest absolute Gasteiger partial charge is 0.483 e. The molecule has 1 N–H and O–H groups in total. The van der Waals surface area contributed by atoms with Crippen LogP contribution in [0.4, 0.5) is 0 Å². The molecule has 1 amide bonds. The van der Waals surface area contributed by atoms with Crippen LogP contribution in [0, 0.1) is 0 Å². The van der Waals surface area contributed by atoms with Crippen molar-refractivity contribution in [3.63, 3.8) is 0 Å². The van der Waals surface area contributed by atoms with Gasteiger partial charge < -0.3 is 14.8 Å². The molecular weight excluding hydrogens is 364 g/mol. The first-order chi connectivity index (χ1) is 14.0. The van der Waals surface area contributed by atoms with Crippen molar-refractivity contribution in [3.05, 3.63) is 89.7 Å². The molecule has 5 heteroatoms. The molecule has 1 aliphatic rings. The third-order valence-electron chi connectivity index (χ3n) is 4.84. The Bertz CT molecular complexity index is 948. The van der Waals surface area contributed by atoms with Crippen molar-refractivity contribution < 1.29 is 14.3 Å². The minimum absolute atomic E-state index is 0.101. The first kappa shape index (κ1) is 19.0. The highest BCUT2D eigenvalue weighted by atomic mass is 16.5. The van der Waals surface area contributed by atoms with Crippen LogP contribution in [0.25, 0.3) is 0 Å². The highest BCUT2D eigenvalue weighted by molar-refractivity contribution is 5.78. The lowest BCUT2D eigenvalue weighted by Crippen LogP contribution is -2.33. The summed E-state index contributed by atoms with van der Waals surface area (Å²) in [6.07, 6.45) is 2.54. The van der Waals surface area contributed by atoms with E-state index in [9.17, 15) is 4.79 Å². The van der Waals surface area contributed by atoms with E-state index in [1.54, 1.807) is 6.20 Å². The maximum absolute atomic E-state index is 12.7. The van der Waals surface area contributed by atoms with Crippen LogP contribution in [0.1, 0.15) is 36.7 Å². The second-order valence-electron chi connectivity index (χ2n) is 7.74. The number of hydrogen-bond acceptors (Lipinski definition) is 4. The van der Waals surface area contributed by atoms with E-state index in [0.29, 0.717) is 5.75 Å². The van der Waals surface area contributed by atoms with Crippen LogP contribution in [0.2, 0.25) is 0 Å². The van der Waals surface area contributed by atoms with Gasteiger partial charge in [0.2, 0.25) is 0 Å². The standard InChI is InChI=1S/C24H24N2O3/c1-24(2)15-18-11-8-13-20(23(18)29-24)28-16-21(27)26-22(17-9-4-3-5-10-17)19-12-6-7-14-25-19/h3-14,22H,15-16H2,1-2H3,(H,26,27). The Balaban J connectivity index is 1.47. The number of ether oxygens (including phenoxy) is 2. The number of nitrogens with zero attached hydrogens (tertiary/aromatic N) is 1. The molecule has 148 valence electrons. The van der Waals surface area contributed by atoms with Gasteiger partial charge in [-0.05, 0) is 37.6 Å². The normalized spacial score (nSPS) is 15.1. The van der Waals surface area contributed by atoms with E-state index in [-0.39, 0.29) is 24.2 Å². The molecule has 1 unspecified atom stereocenters. The number of carbonyl (C=O) groups excluding carboxylic acids is 1. The van der Waals surface area contributed by atoms with E-state index >= 15 is 0 Å². The smallest absolute Gasteiger partial charge is 0.258 e. The molecule has 2 aromatic carbocycles. The molecule has 0 fully saturated rings. The summed E-state index contributed by atoms with van der Waals surface area (Å²) in [7, 11) is 0. The van der Waals surface area contributed by atoms with Crippen LogP contribution in [0.5, 0.6) is 11.5 Å². The zero-order valence-corrected chi connectivity index (χ0v) is 16.6. The minimum atomic E-state index is -0.342. The van der Waals surface area contributed by atoms with Crippen LogP contribution in [-0.4, -0.2) is 23.1 Å². The molecular formula is C24H24N2O3. The SMILES string of the molecule is CC1(C)Cc2cccc(OCC(=O)NC(c3ccccc3)c3ccccn3)c2O1. The van der Waals surface area contributed by atoms with Crippen LogP contribution < -0.4 is 14.8 Å². The van der Waals surface area contributed by atoms with Gasteiger partial charge in [0.25, 0.3) is 5.91 Å². The van der Waals surface area contributed by atoms with E-state index in [2.05, 4.69) is 10.3 Å². The number of fused-ring (bicyclic) bond motifs is 1. The van der Waals surface area contributed by atoms with Gasteiger partial charge in [-0.25, -0.2) is 0 Å². The molecule has 1 aromatic heterocycles. The van der Waals surface area contributed by atoms with Crippen LogP contribution in [-0.2, 0) is 11.2 Å². The average Bonchev–Trinajstić information content (AvgIpc) is 3.06. The monoisotopic (exact) mass is 388 g/mol. The van der Waals surface area contributed by atoms with E-state index in [0.717, 1.165) is 29.0 Å². The lowest BCUT2D eigenvalue weighted by Gasteiger charge is -2.20. The van der Waals surface area contributed by atoms with E-state index in [1.165, 1.54) is 0 Å². The number of nitrogens with one attached hydrogen (secondary N) is 1. The predicted molar refractivity (Wildman–Crippen MR) is 111 cm³/mol. The molecule has 3 aromatic rings. The van der Waals surface area contributed by atoms with Crippen molar-refractivity contribution >= 4 is 5.91 Å². The lowest BCUT2D eigenvalue weighted by molar-refractivity contribution is -0.123. The number of amides is 1. The predicted octanol–water partition coefficient (Wildman–Crippen LogP) is 4.08. The van der Waals surface area contributed by atoms with Crippen molar-refractivity contribution in [3.8, 4) is 11.5 Å². The van der Waals surface area contributed by atoms with Gasteiger partial charge in [0.1, 0.15) is 5.60 Å². The van der Waals surface area contributed by atoms with Gasteiger partial charge in [-0.1, -0.05) is 48.5 Å². The molecule has 4 rings (SSSR count). The zero-order chi connectivity index (χ0) is 20.3. The molecule has 0 bridgehead atoms. The highest BCUT2D eigenvalue weighted by Crippen LogP contribution is 2.41. The van der Waals surface area contributed by atoms with Crippen molar-refractivity contribution in [1.29, 1.82) is 0 Å². The Morgan fingerprint density at radius 1 is 1.10 bits per heavy atom. The van der Waals surface area contributed by atoms with Gasteiger partial charge in [-0.2, -0.15) is 0 Å². The maximum Gasteiger partial charge on any atom is 0.258 e. The quantitative estimate of drug-likeness (QED) is 0.691. The van der Waals surface area contributed by atoms with Crippen molar-refractivity contribution in [1.82, 2.24) is 10.3 Å². The molecule has 1 atom stereocenters. The molecule has 0 saturated heterocycles. The maximum atomic E-state index is 12.7. The Hall–Kier alpha value is -3.34.